The monoisotopic (exact) mass is 136 g/mol. The molecule has 54 valence electrons. The van der Waals surface area contributed by atoms with E-state index in [1.807, 2.05) is 0 Å². The molecular weight excluding hydrogens is 126 g/mol. The van der Waals surface area contributed by atoms with E-state index in [1.54, 1.807) is 0 Å². The zero-order valence-corrected chi connectivity index (χ0v) is 4.98. The van der Waals surface area contributed by atoms with Crippen LogP contribution in [0.4, 0.5) is 8.78 Å². The van der Waals surface area contributed by atoms with Gasteiger partial charge in [0.25, 0.3) is 5.92 Å². The van der Waals surface area contributed by atoms with Gasteiger partial charge in [-0.15, -0.1) is 0 Å². The lowest BCUT2D eigenvalue weighted by molar-refractivity contribution is 0.00693. The van der Waals surface area contributed by atoms with Gasteiger partial charge in [-0.25, -0.2) is 8.78 Å². The number of hydrogen-bond donors (Lipinski definition) is 2. The maximum atomic E-state index is 12.3. The lowest BCUT2D eigenvalue weighted by Gasteiger charge is -2.04. The largest absolute Gasteiger partial charge is 0.326 e. The van der Waals surface area contributed by atoms with Gasteiger partial charge < -0.3 is 11.5 Å². The molecule has 4 heteroatoms. The van der Waals surface area contributed by atoms with Crippen LogP contribution in [0.1, 0.15) is 12.8 Å². The van der Waals surface area contributed by atoms with Crippen LogP contribution < -0.4 is 11.5 Å². The first-order valence-electron chi connectivity index (χ1n) is 2.90. The molecule has 2 atom stereocenters. The van der Waals surface area contributed by atoms with Gasteiger partial charge in [0, 0.05) is 24.9 Å². The topological polar surface area (TPSA) is 52.0 Å². The van der Waals surface area contributed by atoms with Crippen LogP contribution in [0.2, 0.25) is 0 Å². The Bertz CT molecular complexity index is 104. The highest BCUT2D eigenvalue weighted by Gasteiger charge is 2.42. The van der Waals surface area contributed by atoms with Gasteiger partial charge in [-0.1, -0.05) is 0 Å². The second-order valence-corrected chi connectivity index (χ2v) is 2.59. The van der Waals surface area contributed by atoms with Crippen LogP contribution in [0.25, 0.3) is 0 Å². The Kier molecular flexibility index (Phi) is 1.44. The Balaban J connectivity index is 2.54. The van der Waals surface area contributed by atoms with Crippen molar-refractivity contribution in [2.24, 2.45) is 11.5 Å². The Morgan fingerprint density at radius 1 is 1.11 bits per heavy atom. The van der Waals surface area contributed by atoms with Gasteiger partial charge in [-0.05, 0) is 0 Å². The van der Waals surface area contributed by atoms with Gasteiger partial charge in [0.15, 0.2) is 0 Å². The number of hydrogen-bond acceptors (Lipinski definition) is 2. The molecule has 0 aromatic heterocycles. The second kappa shape index (κ2) is 1.88. The number of alkyl halides is 2. The van der Waals surface area contributed by atoms with Crippen molar-refractivity contribution in [2.45, 2.75) is 30.8 Å². The van der Waals surface area contributed by atoms with Gasteiger partial charge in [0.05, 0.1) is 0 Å². The molecular formula is C5H10F2N2. The standard InChI is InChI=1S/C5H10F2N2/c6-5(7)1-3(8)4(9)2-5/h3-4H,1-2,8-9H2/t3-,4-/m0/s1. The third kappa shape index (κ3) is 1.37. The molecule has 1 saturated carbocycles. The highest BCUT2D eigenvalue weighted by atomic mass is 19.3. The maximum absolute atomic E-state index is 12.3. The molecule has 0 aliphatic heterocycles. The van der Waals surface area contributed by atoms with Gasteiger partial charge in [0.2, 0.25) is 0 Å². The summed E-state index contributed by atoms with van der Waals surface area (Å²) in [5, 5.41) is 0. The summed E-state index contributed by atoms with van der Waals surface area (Å²) in [4.78, 5) is 0. The van der Waals surface area contributed by atoms with Crippen LogP contribution in [0.5, 0.6) is 0 Å². The third-order valence-electron chi connectivity index (χ3n) is 1.62. The fourth-order valence-electron chi connectivity index (χ4n) is 1.08. The lowest BCUT2D eigenvalue weighted by Crippen LogP contribution is -2.35. The predicted octanol–water partition coefficient (Wildman–Crippen LogP) is 0.0701. The minimum absolute atomic E-state index is 0.256. The van der Waals surface area contributed by atoms with Crippen molar-refractivity contribution in [3.63, 3.8) is 0 Å². The van der Waals surface area contributed by atoms with Gasteiger partial charge in [0.1, 0.15) is 0 Å². The molecule has 0 amide bonds. The fraction of sp³-hybridized carbons (Fsp3) is 1.00. The Morgan fingerprint density at radius 3 is 1.56 bits per heavy atom. The molecule has 1 aliphatic rings. The zero-order valence-electron chi connectivity index (χ0n) is 4.98. The number of halogens is 2. The molecule has 4 N–H and O–H groups in total. The molecule has 0 aromatic rings. The molecule has 9 heavy (non-hydrogen) atoms. The van der Waals surface area contributed by atoms with Crippen LogP contribution in [0.3, 0.4) is 0 Å². The van der Waals surface area contributed by atoms with Gasteiger partial charge in [-0.2, -0.15) is 0 Å². The van der Waals surface area contributed by atoms with Crippen molar-refractivity contribution in [3.05, 3.63) is 0 Å². The summed E-state index contributed by atoms with van der Waals surface area (Å²) in [6, 6.07) is -1.03. The summed E-state index contributed by atoms with van der Waals surface area (Å²) in [7, 11) is 0. The van der Waals surface area contributed by atoms with Crippen LogP contribution in [-0.2, 0) is 0 Å². The van der Waals surface area contributed by atoms with E-state index in [9.17, 15) is 8.78 Å². The van der Waals surface area contributed by atoms with Crippen molar-refractivity contribution in [1.82, 2.24) is 0 Å². The van der Waals surface area contributed by atoms with E-state index < -0.39 is 18.0 Å². The number of rotatable bonds is 0. The SMILES string of the molecule is N[C@H]1CC(F)(F)C[C@@H]1N. The number of nitrogens with two attached hydrogens (primary N) is 2. The van der Waals surface area contributed by atoms with E-state index in [0.29, 0.717) is 0 Å². The summed E-state index contributed by atoms with van der Waals surface area (Å²) in [5.74, 6) is -2.61. The third-order valence-corrected chi connectivity index (χ3v) is 1.62. The molecule has 1 rings (SSSR count). The normalized spacial score (nSPS) is 41.3. The molecule has 1 fully saturated rings. The van der Waals surface area contributed by atoms with Crippen molar-refractivity contribution in [1.29, 1.82) is 0 Å². The van der Waals surface area contributed by atoms with Crippen molar-refractivity contribution >= 4 is 0 Å². The second-order valence-electron chi connectivity index (χ2n) is 2.59. The molecule has 0 aromatic carbocycles. The van der Waals surface area contributed by atoms with E-state index in [2.05, 4.69) is 0 Å². The van der Waals surface area contributed by atoms with E-state index in [1.165, 1.54) is 0 Å². The van der Waals surface area contributed by atoms with Gasteiger partial charge in [-0.3, -0.25) is 0 Å². The van der Waals surface area contributed by atoms with E-state index in [4.69, 9.17) is 11.5 Å². The summed E-state index contributed by atoms with van der Waals surface area (Å²) in [6.07, 6.45) is -0.512. The van der Waals surface area contributed by atoms with Gasteiger partial charge >= 0.3 is 0 Å². The van der Waals surface area contributed by atoms with Crippen molar-refractivity contribution in [3.8, 4) is 0 Å². The van der Waals surface area contributed by atoms with Crippen molar-refractivity contribution in [2.75, 3.05) is 0 Å². The maximum Gasteiger partial charge on any atom is 0.251 e. The molecule has 2 nitrogen and oxygen atoms in total. The lowest BCUT2D eigenvalue weighted by atomic mass is 10.2. The first-order valence-corrected chi connectivity index (χ1v) is 2.90. The first-order chi connectivity index (χ1) is 4.01. The summed E-state index contributed by atoms with van der Waals surface area (Å²) >= 11 is 0. The summed E-state index contributed by atoms with van der Waals surface area (Å²) in [5.41, 5.74) is 10.5. The Labute approximate surface area is 52.2 Å². The highest BCUT2D eigenvalue weighted by Crippen LogP contribution is 2.32. The van der Waals surface area contributed by atoms with Crippen LogP contribution >= 0.6 is 0 Å². The van der Waals surface area contributed by atoms with E-state index in [0.717, 1.165) is 0 Å². The summed E-state index contributed by atoms with van der Waals surface area (Å²) < 4.78 is 24.6. The molecule has 0 bridgehead atoms. The molecule has 0 saturated heterocycles. The highest BCUT2D eigenvalue weighted by molar-refractivity contribution is 4.93. The molecule has 1 aliphatic carbocycles. The average molecular weight is 136 g/mol. The fourth-order valence-corrected chi connectivity index (χ4v) is 1.08. The minimum atomic E-state index is -2.61. The average Bonchev–Trinajstić information content (AvgIpc) is 1.79. The predicted molar refractivity (Wildman–Crippen MR) is 30.1 cm³/mol. The van der Waals surface area contributed by atoms with E-state index in [-0.39, 0.29) is 12.8 Å². The zero-order chi connectivity index (χ0) is 7.07. The van der Waals surface area contributed by atoms with Crippen LogP contribution in [-0.4, -0.2) is 18.0 Å². The van der Waals surface area contributed by atoms with Crippen molar-refractivity contribution < 1.29 is 8.78 Å². The Morgan fingerprint density at radius 2 is 1.44 bits per heavy atom. The first kappa shape index (κ1) is 6.89. The van der Waals surface area contributed by atoms with E-state index >= 15 is 0 Å². The molecule has 0 radical (unpaired) electrons. The minimum Gasteiger partial charge on any atom is -0.326 e. The summed E-state index contributed by atoms with van der Waals surface area (Å²) in [6.45, 7) is 0. The molecule has 0 heterocycles. The smallest absolute Gasteiger partial charge is 0.251 e. The Hall–Kier alpha value is -0.220. The van der Waals surface area contributed by atoms with Crippen LogP contribution in [0.15, 0.2) is 0 Å². The molecule has 0 spiro atoms. The quantitative estimate of drug-likeness (QED) is 0.495. The molecule has 0 unspecified atom stereocenters. The van der Waals surface area contributed by atoms with Crippen LogP contribution in [0, 0.1) is 0 Å².